The molecular weight excluding hydrogens is 194 g/mol. The first-order valence-electron chi connectivity index (χ1n) is 3.95. The van der Waals surface area contributed by atoms with Gasteiger partial charge in [-0.25, -0.2) is 13.1 Å². The molecule has 0 rings (SSSR count). The van der Waals surface area contributed by atoms with Crippen LogP contribution in [0.15, 0.2) is 5.16 Å². The normalized spacial score (nSPS) is 13.2. The van der Waals surface area contributed by atoms with E-state index < -0.39 is 10.0 Å². The summed E-state index contributed by atoms with van der Waals surface area (Å²) in [5.41, 5.74) is 5.14. The SMILES string of the molecule is CCCS(=O)(=O)NCCC(N)=NO. The van der Waals surface area contributed by atoms with Gasteiger partial charge in [0.25, 0.3) is 0 Å². The van der Waals surface area contributed by atoms with Crippen molar-refractivity contribution in [2.75, 3.05) is 12.3 Å². The second-order valence-electron chi connectivity index (χ2n) is 2.55. The zero-order valence-electron chi connectivity index (χ0n) is 7.52. The molecule has 0 aliphatic heterocycles. The smallest absolute Gasteiger partial charge is 0.211 e. The van der Waals surface area contributed by atoms with Crippen molar-refractivity contribution in [1.82, 2.24) is 4.72 Å². The van der Waals surface area contributed by atoms with Gasteiger partial charge in [-0.3, -0.25) is 0 Å². The van der Waals surface area contributed by atoms with Crippen molar-refractivity contribution in [2.45, 2.75) is 19.8 Å². The molecule has 0 aromatic heterocycles. The molecule has 0 radical (unpaired) electrons. The minimum absolute atomic E-state index is 0.0131. The van der Waals surface area contributed by atoms with Gasteiger partial charge in [-0.1, -0.05) is 12.1 Å². The third-order valence-electron chi connectivity index (χ3n) is 1.30. The summed E-state index contributed by atoms with van der Waals surface area (Å²) in [4.78, 5) is 0. The fourth-order valence-corrected chi connectivity index (χ4v) is 1.82. The summed E-state index contributed by atoms with van der Waals surface area (Å²) in [6.07, 6.45) is 0.776. The molecule has 13 heavy (non-hydrogen) atoms. The van der Waals surface area contributed by atoms with Crippen LogP contribution in [-0.4, -0.2) is 31.8 Å². The molecule has 0 heterocycles. The second kappa shape index (κ2) is 5.76. The predicted molar refractivity (Wildman–Crippen MR) is 50.1 cm³/mol. The predicted octanol–water partition coefficient (Wildman–Crippen LogP) is -0.548. The average Bonchev–Trinajstić information content (AvgIpc) is 2.03. The molecule has 0 amide bonds. The standard InChI is InChI=1S/C6H15N3O3S/c1-2-5-13(11,12)8-4-3-6(7)9-10/h8,10H,2-5H2,1H3,(H2,7,9). The van der Waals surface area contributed by atoms with Crippen molar-refractivity contribution in [3.63, 3.8) is 0 Å². The minimum atomic E-state index is -3.18. The zero-order chi connectivity index (χ0) is 10.3. The lowest BCUT2D eigenvalue weighted by Gasteiger charge is -2.03. The number of hydrogen-bond donors (Lipinski definition) is 3. The van der Waals surface area contributed by atoms with Crippen molar-refractivity contribution in [1.29, 1.82) is 0 Å². The molecule has 0 bridgehead atoms. The monoisotopic (exact) mass is 209 g/mol. The number of nitrogens with one attached hydrogen (secondary N) is 1. The average molecular weight is 209 g/mol. The minimum Gasteiger partial charge on any atom is -0.409 e. The molecule has 0 spiro atoms. The highest BCUT2D eigenvalue weighted by Gasteiger charge is 2.07. The van der Waals surface area contributed by atoms with Crippen molar-refractivity contribution < 1.29 is 13.6 Å². The maximum atomic E-state index is 11.0. The quantitative estimate of drug-likeness (QED) is 0.236. The molecule has 78 valence electrons. The highest BCUT2D eigenvalue weighted by molar-refractivity contribution is 7.89. The Bertz CT molecular complexity index is 260. The number of hydrogen-bond acceptors (Lipinski definition) is 4. The van der Waals surface area contributed by atoms with Crippen molar-refractivity contribution >= 4 is 15.9 Å². The van der Waals surface area contributed by atoms with E-state index in [1.165, 1.54) is 0 Å². The molecule has 0 fully saturated rings. The van der Waals surface area contributed by atoms with E-state index in [1.54, 1.807) is 6.92 Å². The van der Waals surface area contributed by atoms with Gasteiger partial charge in [0.2, 0.25) is 10.0 Å². The van der Waals surface area contributed by atoms with Gasteiger partial charge < -0.3 is 10.9 Å². The first-order chi connectivity index (χ1) is 6.02. The second-order valence-corrected chi connectivity index (χ2v) is 4.48. The number of rotatable bonds is 6. The number of nitrogens with zero attached hydrogens (tertiary/aromatic N) is 1. The van der Waals surface area contributed by atoms with E-state index in [2.05, 4.69) is 9.88 Å². The molecule has 0 unspecified atom stereocenters. The van der Waals surface area contributed by atoms with Gasteiger partial charge in [-0.15, -0.1) is 0 Å². The molecular formula is C6H15N3O3S. The maximum absolute atomic E-state index is 11.0. The Morgan fingerprint density at radius 1 is 1.62 bits per heavy atom. The van der Waals surface area contributed by atoms with Crippen molar-refractivity contribution in [3.05, 3.63) is 0 Å². The van der Waals surface area contributed by atoms with E-state index in [4.69, 9.17) is 10.9 Å². The Balaban J connectivity index is 3.77. The van der Waals surface area contributed by atoms with Gasteiger partial charge in [0.1, 0.15) is 5.84 Å². The number of nitrogens with two attached hydrogens (primary N) is 1. The van der Waals surface area contributed by atoms with Crippen molar-refractivity contribution in [3.8, 4) is 0 Å². The van der Waals surface area contributed by atoms with Crippen LogP contribution in [0.3, 0.4) is 0 Å². The lowest BCUT2D eigenvalue weighted by atomic mass is 10.4. The van der Waals surface area contributed by atoms with E-state index >= 15 is 0 Å². The molecule has 0 aliphatic carbocycles. The third kappa shape index (κ3) is 6.35. The Labute approximate surface area is 77.9 Å². The highest BCUT2D eigenvalue weighted by atomic mass is 32.2. The van der Waals surface area contributed by atoms with Gasteiger partial charge >= 0.3 is 0 Å². The summed E-state index contributed by atoms with van der Waals surface area (Å²) in [6.45, 7) is 1.95. The van der Waals surface area contributed by atoms with Crippen LogP contribution in [0.2, 0.25) is 0 Å². The summed E-state index contributed by atoms with van der Waals surface area (Å²) >= 11 is 0. The van der Waals surface area contributed by atoms with E-state index in [-0.39, 0.29) is 24.6 Å². The van der Waals surface area contributed by atoms with Crippen LogP contribution in [0, 0.1) is 0 Å². The summed E-state index contributed by atoms with van der Waals surface area (Å²) < 4.78 is 24.4. The maximum Gasteiger partial charge on any atom is 0.211 e. The number of sulfonamides is 1. The molecule has 0 aromatic carbocycles. The summed E-state index contributed by atoms with van der Waals surface area (Å²) in [5, 5.41) is 10.9. The fraction of sp³-hybridized carbons (Fsp3) is 0.833. The molecule has 6 nitrogen and oxygen atoms in total. The van der Waals surface area contributed by atoms with E-state index in [0.717, 1.165) is 0 Å². The molecule has 0 atom stereocenters. The van der Waals surface area contributed by atoms with Gasteiger partial charge in [0.05, 0.1) is 5.75 Å². The van der Waals surface area contributed by atoms with Crippen LogP contribution in [-0.2, 0) is 10.0 Å². The van der Waals surface area contributed by atoms with E-state index in [0.29, 0.717) is 6.42 Å². The number of amidine groups is 1. The molecule has 0 saturated heterocycles. The van der Waals surface area contributed by atoms with Gasteiger partial charge in [0, 0.05) is 13.0 Å². The van der Waals surface area contributed by atoms with Crippen LogP contribution in [0.4, 0.5) is 0 Å². The van der Waals surface area contributed by atoms with Crippen LogP contribution in [0.1, 0.15) is 19.8 Å². The largest absolute Gasteiger partial charge is 0.409 e. The molecule has 7 heteroatoms. The molecule has 0 aromatic rings. The van der Waals surface area contributed by atoms with Crippen LogP contribution < -0.4 is 10.5 Å². The fourth-order valence-electron chi connectivity index (χ4n) is 0.726. The van der Waals surface area contributed by atoms with Crippen LogP contribution in [0.5, 0.6) is 0 Å². The number of oxime groups is 1. The summed E-state index contributed by atoms with van der Waals surface area (Å²) in [5.74, 6) is 0.114. The lowest BCUT2D eigenvalue weighted by molar-refractivity contribution is 0.317. The van der Waals surface area contributed by atoms with Gasteiger partial charge in [-0.2, -0.15) is 0 Å². The molecule has 0 saturated carbocycles. The third-order valence-corrected chi connectivity index (χ3v) is 2.89. The zero-order valence-corrected chi connectivity index (χ0v) is 8.34. The van der Waals surface area contributed by atoms with Crippen molar-refractivity contribution in [2.24, 2.45) is 10.9 Å². The lowest BCUT2D eigenvalue weighted by Crippen LogP contribution is -2.29. The first-order valence-corrected chi connectivity index (χ1v) is 5.60. The summed E-state index contributed by atoms with van der Waals surface area (Å²) in [6, 6.07) is 0. The first kappa shape index (κ1) is 12.2. The van der Waals surface area contributed by atoms with Gasteiger partial charge in [0.15, 0.2) is 0 Å². The Hall–Kier alpha value is -0.820. The Morgan fingerprint density at radius 2 is 2.23 bits per heavy atom. The van der Waals surface area contributed by atoms with Crippen LogP contribution >= 0.6 is 0 Å². The highest BCUT2D eigenvalue weighted by Crippen LogP contribution is 1.88. The van der Waals surface area contributed by atoms with E-state index in [1.807, 2.05) is 0 Å². The van der Waals surface area contributed by atoms with Crippen LogP contribution in [0.25, 0.3) is 0 Å². The van der Waals surface area contributed by atoms with Gasteiger partial charge in [-0.05, 0) is 6.42 Å². The molecule has 0 aliphatic rings. The molecule has 4 N–H and O–H groups in total. The Kier molecular flexibility index (Phi) is 5.40. The van der Waals surface area contributed by atoms with E-state index in [9.17, 15) is 8.42 Å². The Morgan fingerprint density at radius 3 is 2.69 bits per heavy atom. The topological polar surface area (TPSA) is 105 Å². The summed E-state index contributed by atoms with van der Waals surface area (Å²) in [7, 11) is -3.18.